The van der Waals surface area contributed by atoms with E-state index in [0.717, 1.165) is 23.4 Å². The van der Waals surface area contributed by atoms with Gasteiger partial charge in [-0.25, -0.2) is 9.59 Å². The molecule has 11 nitrogen and oxygen atoms in total. The minimum Gasteiger partial charge on any atom is -0.465 e. The highest BCUT2D eigenvalue weighted by Gasteiger charge is 2.35. The van der Waals surface area contributed by atoms with Crippen molar-refractivity contribution in [3.63, 3.8) is 0 Å². The number of hydrogen-bond acceptors (Lipinski definition) is 8. The molecule has 2 aliphatic heterocycles. The first-order valence-corrected chi connectivity index (χ1v) is 16.5. The molecular weight excluding hydrogens is 636 g/mol. The lowest BCUT2D eigenvalue weighted by molar-refractivity contribution is 0.0598. The zero-order chi connectivity index (χ0) is 35.7. The van der Waals surface area contributed by atoms with Gasteiger partial charge in [-0.1, -0.05) is 39.0 Å². The van der Waals surface area contributed by atoms with Gasteiger partial charge in [0.25, 0.3) is 17.4 Å². The van der Waals surface area contributed by atoms with Gasteiger partial charge in [0.1, 0.15) is 0 Å². The van der Waals surface area contributed by atoms with Crippen LogP contribution in [-0.2, 0) is 21.4 Å². The fourth-order valence-electron chi connectivity index (χ4n) is 6.84. The predicted octanol–water partition coefficient (Wildman–Crippen LogP) is 5.85. The van der Waals surface area contributed by atoms with Crippen LogP contribution in [0.5, 0.6) is 0 Å². The quantitative estimate of drug-likeness (QED) is 0.233. The number of nitrogens with one attached hydrogen (secondary N) is 2. The van der Waals surface area contributed by atoms with Crippen LogP contribution >= 0.6 is 0 Å². The van der Waals surface area contributed by atoms with E-state index in [1.165, 1.54) is 32.4 Å². The maximum Gasteiger partial charge on any atom is 0.337 e. The molecule has 0 saturated carbocycles. The maximum absolute atomic E-state index is 13.7. The standard InChI is InChI=1S/C39H40N4O7/c1-39(2,3)29-12-9-24(10-13-29)35(45)41-31-19-25(36(46)40-30-17-26(37(47)49-4)16-27(18-30)38(48)50-5)11-14-33(31)42-20-23-15-28(22-42)32-7-6-8-34(44)43(32)21-23/h6-14,16-19,23,28H,15,20-22H2,1-5H3,(H,40,46)(H,41,45)/t23-,28+/m1/s1. The second-order valence-corrected chi connectivity index (χ2v) is 13.9. The number of pyridine rings is 1. The molecule has 2 amide bonds. The Balaban J connectivity index is 1.33. The maximum atomic E-state index is 13.7. The number of nitrogens with zero attached hydrogens (tertiary/aromatic N) is 2. The van der Waals surface area contributed by atoms with Crippen molar-refractivity contribution in [3.8, 4) is 0 Å². The van der Waals surface area contributed by atoms with Crippen LogP contribution in [0.15, 0.2) is 83.7 Å². The summed E-state index contributed by atoms with van der Waals surface area (Å²) in [6.45, 7) is 8.23. The highest BCUT2D eigenvalue weighted by atomic mass is 16.5. The summed E-state index contributed by atoms with van der Waals surface area (Å²) in [5.74, 6) is -1.87. The summed E-state index contributed by atoms with van der Waals surface area (Å²) >= 11 is 0. The number of carbonyl (C=O) groups excluding carboxylic acids is 4. The van der Waals surface area contributed by atoms with E-state index >= 15 is 0 Å². The predicted molar refractivity (Wildman–Crippen MR) is 190 cm³/mol. The van der Waals surface area contributed by atoms with Crippen molar-refractivity contribution >= 4 is 40.8 Å². The third kappa shape index (κ3) is 7.03. The third-order valence-electron chi connectivity index (χ3n) is 9.37. The van der Waals surface area contributed by atoms with E-state index in [1.54, 1.807) is 36.4 Å². The molecule has 3 heterocycles. The van der Waals surface area contributed by atoms with Crippen molar-refractivity contribution < 1.29 is 28.7 Å². The number of rotatable bonds is 7. The van der Waals surface area contributed by atoms with E-state index in [1.807, 2.05) is 28.8 Å². The van der Waals surface area contributed by atoms with Crippen LogP contribution in [0.4, 0.5) is 17.1 Å². The number of aromatic nitrogens is 1. The molecule has 0 spiro atoms. The molecule has 4 aromatic rings. The van der Waals surface area contributed by atoms with Gasteiger partial charge in [0.2, 0.25) is 0 Å². The van der Waals surface area contributed by atoms with Gasteiger partial charge >= 0.3 is 11.9 Å². The van der Waals surface area contributed by atoms with Crippen LogP contribution in [0.25, 0.3) is 0 Å². The summed E-state index contributed by atoms with van der Waals surface area (Å²) in [4.78, 5) is 66.8. The summed E-state index contributed by atoms with van der Waals surface area (Å²) in [5, 5.41) is 5.82. The van der Waals surface area contributed by atoms with Crippen LogP contribution in [0, 0.1) is 5.92 Å². The second-order valence-electron chi connectivity index (χ2n) is 13.9. The Morgan fingerprint density at radius 1 is 0.720 bits per heavy atom. The Bertz CT molecular complexity index is 2010. The van der Waals surface area contributed by atoms with Crippen molar-refractivity contribution in [1.82, 2.24) is 4.57 Å². The molecule has 2 aliphatic rings. The van der Waals surface area contributed by atoms with Gasteiger partial charge in [0.05, 0.1) is 36.7 Å². The van der Waals surface area contributed by atoms with Gasteiger partial charge in [-0.15, -0.1) is 0 Å². The van der Waals surface area contributed by atoms with Crippen molar-refractivity contribution in [2.24, 2.45) is 5.92 Å². The van der Waals surface area contributed by atoms with E-state index in [-0.39, 0.29) is 51.1 Å². The summed E-state index contributed by atoms with van der Waals surface area (Å²) in [5.41, 5.74) is 4.24. The Kier molecular flexibility index (Phi) is 9.33. The van der Waals surface area contributed by atoms with Gasteiger partial charge in [-0.3, -0.25) is 14.4 Å². The van der Waals surface area contributed by atoms with Crippen LogP contribution in [0.2, 0.25) is 0 Å². The average molecular weight is 677 g/mol. The number of hydrogen-bond donors (Lipinski definition) is 2. The smallest absolute Gasteiger partial charge is 0.337 e. The van der Waals surface area contributed by atoms with Gasteiger partial charge in [-0.2, -0.15) is 0 Å². The molecule has 11 heteroatoms. The number of ether oxygens (including phenoxy) is 2. The second kappa shape index (κ2) is 13.7. The lowest BCUT2D eigenvalue weighted by Crippen LogP contribution is -2.47. The number of amides is 2. The minimum atomic E-state index is -0.685. The first kappa shape index (κ1) is 34.2. The molecule has 2 atom stereocenters. The monoisotopic (exact) mass is 676 g/mol. The highest BCUT2D eigenvalue weighted by Crippen LogP contribution is 2.39. The Hall–Kier alpha value is -5.71. The summed E-state index contributed by atoms with van der Waals surface area (Å²) < 4.78 is 11.5. The lowest BCUT2D eigenvalue weighted by Gasteiger charge is -2.44. The Morgan fingerprint density at radius 3 is 2.00 bits per heavy atom. The fraction of sp³-hybridized carbons (Fsp3) is 0.308. The van der Waals surface area contributed by atoms with Crippen molar-refractivity contribution in [3.05, 3.63) is 123 Å². The van der Waals surface area contributed by atoms with Crippen LogP contribution in [-0.4, -0.2) is 55.6 Å². The molecule has 0 unspecified atom stereocenters. The molecule has 0 aliphatic carbocycles. The van der Waals surface area contributed by atoms with Gasteiger partial charge in [0, 0.05) is 54.1 Å². The summed E-state index contributed by atoms with van der Waals surface area (Å²) in [6, 6.07) is 22.1. The molecule has 3 aromatic carbocycles. The van der Waals surface area contributed by atoms with E-state index in [0.29, 0.717) is 30.9 Å². The van der Waals surface area contributed by atoms with E-state index in [9.17, 15) is 24.0 Å². The van der Waals surface area contributed by atoms with Gasteiger partial charge < -0.3 is 29.6 Å². The molecule has 258 valence electrons. The van der Waals surface area contributed by atoms with Crippen LogP contribution in [0.3, 0.4) is 0 Å². The van der Waals surface area contributed by atoms with Crippen molar-refractivity contribution in [2.45, 2.75) is 45.1 Å². The number of fused-ring (bicyclic) bond motifs is 4. The molecular formula is C39H40N4O7. The molecule has 1 fully saturated rings. The number of benzene rings is 3. The summed E-state index contributed by atoms with van der Waals surface area (Å²) in [7, 11) is 2.44. The van der Waals surface area contributed by atoms with Gasteiger partial charge in [0.15, 0.2) is 0 Å². The largest absolute Gasteiger partial charge is 0.465 e. The molecule has 50 heavy (non-hydrogen) atoms. The Morgan fingerprint density at radius 2 is 1.36 bits per heavy atom. The topological polar surface area (TPSA) is 136 Å². The SMILES string of the molecule is COC(=O)c1cc(NC(=O)c2ccc(N3C[C@H]4C[C@@H](C3)c3cccc(=O)n3C4)c(NC(=O)c3ccc(C(C)(C)C)cc3)c2)cc(C(=O)OC)c1. The summed E-state index contributed by atoms with van der Waals surface area (Å²) in [6.07, 6.45) is 0.959. The molecule has 2 N–H and O–H groups in total. The first-order valence-electron chi connectivity index (χ1n) is 16.5. The van der Waals surface area contributed by atoms with Crippen LogP contribution < -0.4 is 21.1 Å². The van der Waals surface area contributed by atoms with E-state index in [2.05, 4.69) is 36.3 Å². The number of esters is 2. The van der Waals surface area contributed by atoms with Crippen molar-refractivity contribution in [1.29, 1.82) is 0 Å². The third-order valence-corrected chi connectivity index (χ3v) is 9.37. The highest BCUT2D eigenvalue weighted by molar-refractivity contribution is 6.10. The molecule has 6 rings (SSSR count). The van der Waals surface area contributed by atoms with E-state index in [4.69, 9.17) is 9.47 Å². The molecule has 2 bridgehead atoms. The molecule has 1 saturated heterocycles. The zero-order valence-corrected chi connectivity index (χ0v) is 28.7. The first-order chi connectivity index (χ1) is 23.8. The lowest BCUT2D eigenvalue weighted by atomic mass is 9.83. The van der Waals surface area contributed by atoms with Crippen LogP contribution in [0.1, 0.15) is 85.8 Å². The molecule has 0 radical (unpaired) electrons. The van der Waals surface area contributed by atoms with Crippen molar-refractivity contribution in [2.75, 3.05) is 42.8 Å². The molecule has 1 aromatic heterocycles. The van der Waals surface area contributed by atoms with Gasteiger partial charge in [-0.05, 0) is 77.9 Å². The number of anilines is 3. The number of carbonyl (C=O) groups is 4. The average Bonchev–Trinajstić information content (AvgIpc) is 3.10. The number of piperidine rings is 1. The zero-order valence-electron chi connectivity index (χ0n) is 28.7. The minimum absolute atomic E-state index is 0.00211. The normalized spacial score (nSPS) is 16.5. The van der Waals surface area contributed by atoms with E-state index < -0.39 is 17.8 Å². The number of methoxy groups -OCH3 is 2. The Labute approximate surface area is 290 Å². The fourth-order valence-corrected chi connectivity index (χ4v) is 6.84.